The van der Waals surface area contributed by atoms with Crippen molar-refractivity contribution in [2.75, 3.05) is 6.54 Å². The number of nitrogens with two attached hydrogens (primary N) is 1. The van der Waals surface area contributed by atoms with Gasteiger partial charge in [0.2, 0.25) is 0 Å². The molecule has 3 rings (SSSR count). The zero-order valence-electron chi connectivity index (χ0n) is 11.6. The molecule has 0 bridgehead atoms. The van der Waals surface area contributed by atoms with E-state index in [0.29, 0.717) is 17.4 Å². The first-order chi connectivity index (χ1) is 10.1. The second-order valence-electron chi connectivity index (χ2n) is 5.04. The van der Waals surface area contributed by atoms with Gasteiger partial charge in [0.15, 0.2) is 0 Å². The normalized spacial score (nSPS) is 20.1. The molecule has 2 aromatic carbocycles. The number of hydrogen-bond acceptors (Lipinski definition) is 3. The first kappa shape index (κ1) is 17.8. The Labute approximate surface area is 152 Å². The lowest BCUT2D eigenvalue weighted by Gasteiger charge is -2.33. The van der Waals surface area contributed by atoms with E-state index in [0.717, 1.165) is 21.2 Å². The molecule has 0 radical (unpaired) electrons. The molecule has 0 saturated carbocycles. The third kappa shape index (κ3) is 3.19. The summed E-state index contributed by atoms with van der Waals surface area (Å²) in [5, 5.41) is 10.4. The van der Waals surface area contributed by atoms with E-state index in [-0.39, 0.29) is 30.4 Å². The van der Waals surface area contributed by atoms with E-state index in [2.05, 4.69) is 31.9 Å². The topological polar surface area (TPSA) is 55.5 Å². The summed E-state index contributed by atoms with van der Waals surface area (Å²) >= 11 is 6.94. The maximum atomic E-state index is 10.4. The van der Waals surface area contributed by atoms with E-state index in [1.54, 1.807) is 0 Å². The van der Waals surface area contributed by atoms with E-state index in [1.807, 2.05) is 36.4 Å². The Bertz CT molecular complexity index is 667. The zero-order valence-corrected chi connectivity index (χ0v) is 15.6. The third-order valence-electron chi connectivity index (χ3n) is 3.77. The van der Waals surface area contributed by atoms with Crippen molar-refractivity contribution in [2.45, 2.75) is 18.6 Å². The first-order valence-corrected chi connectivity index (χ1v) is 8.30. The molecule has 0 fully saturated rings. The van der Waals surface area contributed by atoms with Gasteiger partial charge in [-0.15, -0.1) is 12.4 Å². The zero-order chi connectivity index (χ0) is 15.0. The highest BCUT2D eigenvalue weighted by molar-refractivity contribution is 9.11. The molecule has 1 heterocycles. The Kier molecular flexibility index (Phi) is 5.91. The highest BCUT2D eigenvalue weighted by Crippen LogP contribution is 2.46. The number of hydrogen-bond donors (Lipinski definition) is 2. The average molecular weight is 450 g/mol. The van der Waals surface area contributed by atoms with Crippen LogP contribution in [-0.2, 0) is 11.2 Å². The standard InChI is InChI=1S/C16H15Br2NO2.ClH/c17-11-7-12(18)16(20)10-6-13(9-4-2-1-3-5-9)21-14(8-19)15(10)11;/h1-5,7,13-14,20H,6,8,19H2;1H/t13-,14-;/m0./s1. The maximum absolute atomic E-state index is 10.4. The smallest absolute Gasteiger partial charge is 0.133 e. The van der Waals surface area contributed by atoms with E-state index in [1.165, 1.54) is 0 Å². The number of aromatic hydroxyl groups is 1. The molecule has 0 spiro atoms. The third-order valence-corrected chi connectivity index (χ3v) is 5.03. The molecule has 2 atom stereocenters. The molecular weight excluding hydrogens is 433 g/mol. The molecule has 118 valence electrons. The van der Waals surface area contributed by atoms with Gasteiger partial charge in [-0.1, -0.05) is 46.3 Å². The highest BCUT2D eigenvalue weighted by atomic mass is 79.9. The van der Waals surface area contributed by atoms with Crippen LogP contribution in [0.2, 0.25) is 0 Å². The van der Waals surface area contributed by atoms with Crippen molar-refractivity contribution in [3.8, 4) is 5.75 Å². The lowest BCUT2D eigenvalue weighted by molar-refractivity contribution is -0.0234. The van der Waals surface area contributed by atoms with Crippen LogP contribution in [0.15, 0.2) is 45.3 Å². The Morgan fingerprint density at radius 1 is 1.18 bits per heavy atom. The number of phenolic OH excluding ortho intramolecular Hbond substituents is 1. The monoisotopic (exact) mass is 447 g/mol. The number of fused-ring (bicyclic) bond motifs is 1. The molecule has 3 N–H and O–H groups in total. The lowest BCUT2D eigenvalue weighted by Crippen LogP contribution is -2.26. The Balaban J connectivity index is 0.00000176. The fourth-order valence-electron chi connectivity index (χ4n) is 2.77. The molecule has 0 saturated heterocycles. The van der Waals surface area contributed by atoms with Crippen molar-refractivity contribution in [2.24, 2.45) is 5.73 Å². The molecule has 2 aromatic rings. The molecule has 3 nitrogen and oxygen atoms in total. The second kappa shape index (κ2) is 7.32. The minimum atomic E-state index is -0.229. The number of benzene rings is 2. The van der Waals surface area contributed by atoms with Crippen LogP contribution in [0.1, 0.15) is 28.9 Å². The van der Waals surface area contributed by atoms with Crippen molar-refractivity contribution in [1.82, 2.24) is 0 Å². The van der Waals surface area contributed by atoms with Crippen LogP contribution >= 0.6 is 44.3 Å². The lowest BCUT2D eigenvalue weighted by atomic mass is 9.90. The fraction of sp³-hybridized carbons (Fsp3) is 0.250. The summed E-state index contributed by atoms with van der Waals surface area (Å²) < 4.78 is 7.73. The number of ether oxygens (including phenoxy) is 1. The van der Waals surface area contributed by atoms with Crippen LogP contribution in [0.4, 0.5) is 0 Å². The van der Waals surface area contributed by atoms with Gasteiger partial charge >= 0.3 is 0 Å². The first-order valence-electron chi connectivity index (χ1n) is 6.72. The van der Waals surface area contributed by atoms with Crippen LogP contribution < -0.4 is 5.73 Å². The molecular formula is C16H16Br2ClNO2. The van der Waals surface area contributed by atoms with Crippen LogP contribution in [0.25, 0.3) is 0 Å². The van der Waals surface area contributed by atoms with Crippen molar-refractivity contribution in [1.29, 1.82) is 0 Å². The van der Waals surface area contributed by atoms with E-state index in [9.17, 15) is 5.11 Å². The van der Waals surface area contributed by atoms with Crippen molar-refractivity contribution >= 4 is 44.3 Å². The van der Waals surface area contributed by atoms with Crippen LogP contribution in [0.3, 0.4) is 0 Å². The molecule has 1 aliphatic heterocycles. The van der Waals surface area contributed by atoms with Crippen LogP contribution in [-0.4, -0.2) is 11.7 Å². The molecule has 22 heavy (non-hydrogen) atoms. The van der Waals surface area contributed by atoms with Crippen molar-refractivity contribution < 1.29 is 9.84 Å². The second-order valence-corrected chi connectivity index (χ2v) is 6.75. The highest BCUT2D eigenvalue weighted by Gasteiger charge is 2.32. The van der Waals surface area contributed by atoms with Gasteiger partial charge in [0.05, 0.1) is 16.7 Å². The summed E-state index contributed by atoms with van der Waals surface area (Å²) in [6, 6.07) is 11.9. The molecule has 0 unspecified atom stereocenters. The van der Waals surface area contributed by atoms with Gasteiger partial charge in [-0.3, -0.25) is 0 Å². The number of phenols is 1. The van der Waals surface area contributed by atoms with Gasteiger partial charge in [0, 0.05) is 28.6 Å². The minimum absolute atomic E-state index is 0. The molecule has 0 amide bonds. The molecule has 0 aliphatic carbocycles. The predicted octanol–water partition coefficient (Wildman–Crippen LogP) is 4.65. The maximum Gasteiger partial charge on any atom is 0.133 e. The minimum Gasteiger partial charge on any atom is -0.506 e. The summed E-state index contributed by atoms with van der Waals surface area (Å²) in [7, 11) is 0. The Hall–Kier alpha value is -0.590. The van der Waals surface area contributed by atoms with Gasteiger partial charge in [-0.05, 0) is 27.6 Å². The number of halogens is 3. The Morgan fingerprint density at radius 3 is 2.50 bits per heavy atom. The van der Waals surface area contributed by atoms with Crippen LogP contribution in [0, 0.1) is 0 Å². The predicted molar refractivity (Wildman–Crippen MR) is 96.5 cm³/mol. The van der Waals surface area contributed by atoms with E-state index in [4.69, 9.17) is 10.5 Å². The SMILES string of the molecule is Cl.NC[C@@H]1O[C@H](c2ccccc2)Cc2c(O)c(Br)cc(Br)c21. The van der Waals surface area contributed by atoms with E-state index < -0.39 is 0 Å². The van der Waals surface area contributed by atoms with E-state index >= 15 is 0 Å². The van der Waals surface area contributed by atoms with Gasteiger partial charge in [-0.2, -0.15) is 0 Å². The van der Waals surface area contributed by atoms with Gasteiger partial charge in [0.25, 0.3) is 0 Å². The number of rotatable bonds is 2. The molecule has 0 aromatic heterocycles. The summed E-state index contributed by atoms with van der Waals surface area (Å²) in [6.45, 7) is 0.371. The van der Waals surface area contributed by atoms with Gasteiger partial charge in [0.1, 0.15) is 5.75 Å². The molecule has 1 aliphatic rings. The van der Waals surface area contributed by atoms with Crippen molar-refractivity contribution in [3.63, 3.8) is 0 Å². The summed E-state index contributed by atoms with van der Waals surface area (Å²) in [6.07, 6.45) is 0.298. The Morgan fingerprint density at radius 2 is 1.86 bits per heavy atom. The summed E-state index contributed by atoms with van der Waals surface area (Å²) in [5.41, 5.74) is 8.82. The largest absolute Gasteiger partial charge is 0.506 e. The van der Waals surface area contributed by atoms with Gasteiger partial charge < -0.3 is 15.6 Å². The quantitative estimate of drug-likeness (QED) is 0.702. The van der Waals surface area contributed by atoms with Crippen molar-refractivity contribution in [3.05, 3.63) is 62.0 Å². The van der Waals surface area contributed by atoms with Crippen LogP contribution in [0.5, 0.6) is 5.75 Å². The average Bonchev–Trinajstić information content (AvgIpc) is 2.52. The summed E-state index contributed by atoms with van der Waals surface area (Å²) in [4.78, 5) is 0. The summed E-state index contributed by atoms with van der Waals surface area (Å²) in [5.74, 6) is 0.274. The molecule has 6 heteroatoms. The van der Waals surface area contributed by atoms with Gasteiger partial charge in [-0.25, -0.2) is 0 Å². The fourth-order valence-corrected chi connectivity index (χ4v) is 4.26.